The van der Waals surface area contributed by atoms with Crippen molar-refractivity contribution < 1.29 is 10.2 Å². The number of rotatable bonds is 2. The largest absolute Gasteiger partial charge is 0.508 e. The van der Waals surface area contributed by atoms with Crippen molar-refractivity contribution in [2.75, 3.05) is 0 Å². The molecular weight excluding hydrogens is 264 g/mol. The molecule has 0 saturated heterocycles. The van der Waals surface area contributed by atoms with Gasteiger partial charge < -0.3 is 10.2 Å². The SMILES string of the molecule is Cc1cc(-c2cc(-c3ccc(O)cc3)nn2C)ccc1O. The second-order valence-corrected chi connectivity index (χ2v) is 5.09. The Hall–Kier alpha value is -2.75. The van der Waals surface area contributed by atoms with Gasteiger partial charge in [-0.1, -0.05) is 0 Å². The minimum atomic E-state index is 0.240. The van der Waals surface area contributed by atoms with Gasteiger partial charge in [-0.3, -0.25) is 4.68 Å². The summed E-state index contributed by atoms with van der Waals surface area (Å²) in [6.45, 7) is 1.87. The summed E-state index contributed by atoms with van der Waals surface area (Å²) in [6, 6.07) is 14.5. The standard InChI is InChI=1S/C17H16N2O2/c1-11-9-13(5-8-17(11)21)16-10-15(18-19(16)2)12-3-6-14(20)7-4-12/h3-10,20-21H,1-2H3. The first-order chi connectivity index (χ1) is 10.0. The number of benzene rings is 2. The topological polar surface area (TPSA) is 58.3 Å². The van der Waals surface area contributed by atoms with E-state index in [0.29, 0.717) is 5.75 Å². The highest BCUT2D eigenvalue weighted by atomic mass is 16.3. The number of phenols is 2. The molecule has 0 aliphatic heterocycles. The van der Waals surface area contributed by atoms with E-state index in [1.54, 1.807) is 18.2 Å². The number of phenolic OH excluding ortho intramolecular Hbond substituents is 2. The molecule has 3 aromatic rings. The summed E-state index contributed by atoms with van der Waals surface area (Å²) in [5.74, 6) is 0.531. The summed E-state index contributed by atoms with van der Waals surface area (Å²) in [7, 11) is 1.89. The molecule has 21 heavy (non-hydrogen) atoms. The van der Waals surface area contributed by atoms with E-state index in [0.717, 1.165) is 28.1 Å². The van der Waals surface area contributed by atoms with Gasteiger partial charge in [0, 0.05) is 18.2 Å². The summed E-state index contributed by atoms with van der Waals surface area (Å²) in [5.41, 5.74) is 4.61. The fourth-order valence-corrected chi connectivity index (χ4v) is 2.33. The Balaban J connectivity index is 2.05. The number of aryl methyl sites for hydroxylation is 2. The van der Waals surface area contributed by atoms with Crippen molar-refractivity contribution >= 4 is 0 Å². The molecule has 0 spiro atoms. The molecule has 0 aliphatic carbocycles. The van der Waals surface area contributed by atoms with Crippen molar-refractivity contribution in [2.45, 2.75) is 6.92 Å². The zero-order valence-corrected chi connectivity index (χ0v) is 11.9. The lowest BCUT2D eigenvalue weighted by atomic mass is 10.1. The molecule has 0 bridgehead atoms. The summed E-state index contributed by atoms with van der Waals surface area (Å²) >= 11 is 0. The van der Waals surface area contributed by atoms with E-state index in [4.69, 9.17) is 0 Å². The third-order valence-electron chi connectivity index (χ3n) is 3.54. The molecule has 106 valence electrons. The first kappa shape index (κ1) is 13.2. The van der Waals surface area contributed by atoms with Crippen molar-refractivity contribution in [3.8, 4) is 34.0 Å². The lowest BCUT2D eigenvalue weighted by molar-refractivity contribution is 0.471. The van der Waals surface area contributed by atoms with Crippen molar-refractivity contribution in [3.63, 3.8) is 0 Å². The fraction of sp³-hybridized carbons (Fsp3) is 0.118. The number of hydrogen-bond acceptors (Lipinski definition) is 3. The van der Waals surface area contributed by atoms with E-state index in [1.165, 1.54) is 0 Å². The highest BCUT2D eigenvalue weighted by Crippen LogP contribution is 2.29. The van der Waals surface area contributed by atoms with Gasteiger partial charge in [-0.2, -0.15) is 5.10 Å². The Bertz CT molecular complexity index is 789. The van der Waals surface area contributed by atoms with Gasteiger partial charge in [0.15, 0.2) is 0 Å². The van der Waals surface area contributed by atoms with E-state index in [2.05, 4.69) is 5.10 Å². The van der Waals surface area contributed by atoms with Gasteiger partial charge in [-0.15, -0.1) is 0 Å². The maximum absolute atomic E-state index is 9.62. The lowest BCUT2D eigenvalue weighted by Gasteiger charge is -2.04. The van der Waals surface area contributed by atoms with E-state index in [1.807, 2.05) is 49.0 Å². The van der Waals surface area contributed by atoms with E-state index in [-0.39, 0.29) is 5.75 Å². The van der Waals surface area contributed by atoms with Crippen LogP contribution in [0.5, 0.6) is 11.5 Å². The van der Waals surface area contributed by atoms with Gasteiger partial charge in [-0.05, 0) is 61.0 Å². The lowest BCUT2D eigenvalue weighted by Crippen LogP contribution is -1.94. The molecule has 4 heteroatoms. The van der Waals surface area contributed by atoms with E-state index < -0.39 is 0 Å². The van der Waals surface area contributed by atoms with E-state index in [9.17, 15) is 10.2 Å². The molecule has 1 aromatic heterocycles. The first-order valence-corrected chi connectivity index (χ1v) is 6.68. The third-order valence-corrected chi connectivity index (χ3v) is 3.54. The van der Waals surface area contributed by atoms with Crippen LogP contribution in [0.4, 0.5) is 0 Å². The Morgan fingerprint density at radius 3 is 2.24 bits per heavy atom. The second-order valence-electron chi connectivity index (χ2n) is 5.09. The summed E-state index contributed by atoms with van der Waals surface area (Å²) < 4.78 is 1.81. The van der Waals surface area contributed by atoms with Crippen molar-refractivity contribution in [3.05, 3.63) is 54.1 Å². The number of nitrogens with zero attached hydrogens (tertiary/aromatic N) is 2. The molecule has 0 aliphatic rings. The monoisotopic (exact) mass is 280 g/mol. The molecule has 2 aromatic carbocycles. The maximum atomic E-state index is 9.62. The number of aromatic nitrogens is 2. The first-order valence-electron chi connectivity index (χ1n) is 6.68. The molecule has 2 N–H and O–H groups in total. The normalized spacial score (nSPS) is 10.8. The smallest absolute Gasteiger partial charge is 0.118 e. The van der Waals surface area contributed by atoms with Crippen LogP contribution in [0.25, 0.3) is 22.5 Å². The average Bonchev–Trinajstić information content (AvgIpc) is 2.85. The Labute approximate surface area is 122 Å². The predicted octanol–water partition coefficient (Wildman–Crippen LogP) is 3.47. The highest BCUT2D eigenvalue weighted by molar-refractivity contribution is 5.70. The minimum absolute atomic E-state index is 0.240. The fourth-order valence-electron chi connectivity index (χ4n) is 2.33. The van der Waals surface area contributed by atoms with Crippen LogP contribution < -0.4 is 0 Å². The molecule has 4 nitrogen and oxygen atoms in total. The molecule has 0 radical (unpaired) electrons. The van der Waals surface area contributed by atoms with Crippen LogP contribution in [-0.2, 0) is 7.05 Å². The van der Waals surface area contributed by atoms with Crippen molar-refractivity contribution in [1.82, 2.24) is 9.78 Å². The third kappa shape index (κ3) is 2.48. The van der Waals surface area contributed by atoms with Gasteiger partial charge in [0.25, 0.3) is 0 Å². The average molecular weight is 280 g/mol. The van der Waals surface area contributed by atoms with Crippen molar-refractivity contribution in [1.29, 1.82) is 0 Å². The predicted molar refractivity (Wildman–Crippen MR) is 82.1 cm³/mol. The van der Waals surface area contributed by atoms with Crippen LogP contribution in [0.3, 0.4) is 0 Å². The molecule has 0 unspecified atom stereocenters. The number of aromatic hydroxyl groups is 2. The van der Waals surface area contributed by atoms with E-state index >= 15 is 0 Å². The Morgan fingerprint density at radius 1 is 0.905 bits per heavy atom. The van der Waals surface area contributed by atoms with Crippen LogP contribution in [0.1, 0.15) is 5.56 Å². The quantitative estimate of drug-likeness (QED) is 0.755. The summed E-state index contributed by atoms with van der Waals surface area (Å²) in [4.78, 5) is 0. The molecule has 0 amide bonds. The summed E-state index contributed by atoms with van der Waals surface area (Å²) in [5, 5.41) is 23.5. The molecule has 0 atom stereocenters. The van der Waals surface area contributed by atoms with Crippen LogP contribution in [0, 0.1) is 6.92 Å². The van der Waals surface area contributed by atoms with Gasteiger partial charge in [0.1, 0.15) is 11.5 Å². The van der Waals surface area contributed by atoms with Gasteiger partial charge in [-0.25, -0.2) is 0 Å². The molecule has 1 heterocycles. The van der Waals surface area contributed by atoms with Gasteiger partial charge >= 0.3 is 0 Å². The van der Waals surface area contributed by atoms with Gasteiger partial charge in [0.05, 0.1) is 11.4 Å². The van der Waals surface area contributed by atoms with Crippen LogP contribution in [0.15, 0.2) is 48.5 Å². The van der Waals surface area contributed by atoms with Crippen LogP contribution in [-0.4, -0.2) is 20.0 Å². The Morgan fingerprint density at radius 2 is 1.57 bits per heavy atom. The molecular formula is C17H16N2O2. The second kappa shape index (κ2) is 4.98. The van der Waals surface area contributed by atoms with Crippen molar-refractivity contribution in [2.24, 2.45) is 7.05 Å². The van der Waals surface area contributed by atoms with Gasteiger partial charge in [0.2, 0.25) is 0 Å². The molecule has 3 rings (SSSR count). The van der Waals surface area contributed by atoms with Crippen LogP contribution in [0.2, 0.25) is 0 Å². The Kier molecular flexibility index (Phi) is 3.14. The maximum Gasteiger partial charge on any atom is 0.118 e. The van der Waals surface area contributed by atoms with Crippen LogP contribution >= 0.6 is 0 Å². The number of hydrogen-bond donors (Lipinski definition) is 2. The highest BCUT2D eigenvalue weighted by Gasteiger charge is 2.10. The zero-order valence-electron chi connectivity index (χ0n) is 11.9. The molecule has 0 fully saturated rings. The minimum Gasteiger partial charge on any atom is -0.508 e. The summed E-state index contributed by atoms with van der Waals surface area (Å²) in [6.07, 6.45) is 0. The molecule has 0 saturated carbocycles. The zero-order chi connectivity index (χ0) is 15.0.